The normalized spacial score (nSPS) is 10.6. The minimum absolute atomic E-state index is 0. The maximum absolute atomic E-state index is 13.4. The van der Waals surface area contributed by atoms with Crippen LogP contribution >= 0.6 is 0 Å². The fraction of sp³-hybridized carbons (Fsp3) is 0. The first-order chi connectivity index (χ1) is 9.09. The third-order valence-corrected chi connectivity index (χ3v) is 2.42. The summed E-state index contributed by atoms with van der Waals surface area (Å²) in [4.78, 5) is 14.7. The first kappa shape index (κ1) is 14.5. The van der Waals surface area contributed by atoms with E-state index in [0.29, 0.717) is 0 Å². The van der Waals surface area contributed by atoms with Crippen LogP contribution in [0.25, 0.3) is 22.7 Å². The zero-order valence-corrected chi connectivity index (χ0v) is 11.0. The predicted molar refractivity (Wildman–Crippen MR) is 55.9 cm³/mol. The molecule has 4 nitrogen and oxygen atoms in total. The molecule has 1 radical (unpaired) electrons. The van der Waals surface area contributed by atoms with Crippen molar-refractivity contribution in [2.24, 2.45) is 0 Å². The van der Waals surface area contributed by atoms with E-state index in [2.05, 4.69) is 19.9 Å². The summed E-state index contributed by atoms with van der Waals surface area (Å²) in [6.45, 7) is 0. The van der Waals surface area contributed by atoms with Crippen LogP contribution in [-0.2, 0) is 19.5 Å². The van der Waals surface area contributed by atoms with Crippen molar-refractivity contribution < 1.29 is 37.0 Å². The van der Waals surface area contributed by atoms with Crippen LogP contribution < -0.4 is 4.98 Å². The van der Waals surface area contributed by atoms with Crippen LogP contribution in [0.4, 0.5) is 17.6 Å². The van der Waals surface area contributed by atoms with Gasteiger partial charge in [0.2, 0.25) is 0 Å². The molecule has 2 aromatic heterocycles. The molecular weight excluding hydrogens is 367 g/mol. The summed E-state index contributed by atoms with van der Waals surface area (Å²) >= 11 is 0. The molecule has 0 aliphatic heterocycles. The molecule has 0 bridgehead atoms. The summed E-state index contributed by atoms with van der Waals surface area (Å²) in [5, 5.41) is 0. The van der Waals surface area contributed by atoms with Gasteiger partial charge in [0.15, 0.2) is 29.1 Å². The first-order valence-corrected chi connectivity index (χ1v) is 5.03. The summed E-state index contributed by atoms with van der Waals surface area (Å²) in [7, 11) is 0. The smallest absolute Gasteiger partial charge is 0.197 e. The van der Waals surface area contributed by atoms with Gasteiger partial charge in [0.25, 0.3) is 0 Å². The van der Waals surface area contributed by atoms with Crippen molar-refractivity contribution in [2.75, 3.05) is 0 Å². The minimum Gasteiger partial charge on any atom is -0.430 e. The Morgan fingerprint density at radius 3 is 2.10 bits per heavy atom. The van der Waals surface area contributed by atoms with Gasteiger partial charge in [-0.3, -0.25) is 0 Å². The Balaban J connectivity index is 0.00000147. The molecule has 3 aromatic rings. The summed E-state index contributed by atoms with van der Waals surface area (Å²) in [6.07, 6.45) is 2.74. The number of aromatic nitrogens is 4. The number of hydrogen-bond acceptors (Lipinski definition) is 3. The zero-order chi connectivity index (χ0) is 13.6. The average Bonchev–Trinajstić information content (AvgIpc) is 2.89. The van der Waals surface area contributed by atoms with E-state index in [4.69, 9.17) is 0 Å². The molecule has 0 saturated heterocycles. The van der Waals surface area contributed by atoms with E-state index >= 15 is 0 Å². The molecule has 0 aliphatic carbocycles. The Morgan fingerprint density at radius 2 is 1.45 bits per heavy atom. The molecule has 0 atom stereocenters. The predicted octanol–water partition coefficient (Wildman–Crippen LogP) is 2.20. The van der Waals surface area contributed by atoms with Gasteiger partial charge in [-0.2, -0.15) is 0 Å². The molecule has 0 spiro atoms. The van der Waals surface area contributed by atoms with Gasteiger partial charge in [0.05, 0.1) is 0 Å². The van der Waals surface area contributed by atoms with E-state index in [0.717, 1.165) is 0 Å². The van der Waals surface area contributed by atoms with E-state index in [-0.39, 0.29) is 31.1 Å². The Hall–Kier alpha value is -1.89. The maximum atomic E-state index is 13.4. The van der Waals surface area contributed by atoms with Crippen LogP contribution in [0.2, 0.25) is 0 Å². The SMILES string of the molecule is Fc1c(F)c(F)c2[n-]c(-c3ncccn3)nc2c1F.[Rh]. The third-order valence-electron chi connectivity index (χ3n) is 2.42. The van der Waals surface area contributed by atoms with Crippen LogP contribution in [0.5, 0.6) is 0 Å². The number of rotatable bonds is 1. The van der Waals surface area contributed by atoms with Crippen molar-refractivity contribution in [2.45, 2.75) is 0 Å². The van der Waals surface area contributed by atoms with Gasteiger partial charge in [-0.15, -0.1) is 0 Å². The number of nitrogens with zero attached hydrogens (tertiary/aromatic N) is 4. The first-order valence-electron chi connectivity index (χ1n) is 5.03. The standard InChI is InChI=1S/C11H3F4N4.Rh/c12-4-5(13)7(15)9-8(6(4)14)18-11(19-9)10-16-2-1-3-17-10;/h1-3H;/q-1;. The number of benzene rings is 1. The van der Waals surface area contributed by atoms with Crippen molar-refractivity contribution >= 4 is 11.0 Å². The molecule has 9 heteroatoms. The monoisotopic (exact) mass is 370 g/mol. The fourth-order valence-corrected chi connectivity index (χ4v) is 1.56. The van der Waals surface area contributed by atoms with Crippen molar-refractivity contribution in [3.05, 3.63) is 41.7 Å². The Labute approximate surface area is 122 Å². The molecule has 1 aromatic carbocycles. The summed E-state index contributed by atoms with van der Waals surface area (Å²) in [5.41, 5.74) is -1.39. The second-order valence-corrected chi connectivity index (χ2v) is 3.57. The average molecular weight is 370 g/mol. The number of fused-ring (bicyclic) bond motifs is 1. The van der Waals surface area contributed by atoms with Gasteiger partial charge in [0, 0.05) is 42.9 Å². The van der Waals surface area contributed by atoms with Gasteiger partial charge < -0.3 is 9.97 Å². The molecule has 20 heavy (non-hydrogen) atoms. The molecule has 2 heterocycles. The van der Waals surface area contributed by atoms with Crippen LogP contribution in [0, 0.1) is 23.3 Å². The van der Waals surface area contributed by atoms with Gasteiger partial charge in [-0.25, -0.2) is 27.5 Å². The molecule has 0 saturated carbocycles. The topological polar surface area (TPSA) is 52.8 Å². The molecule has 3 rings (SSSR count). The number of imidazole rings is 1. The van der Waals surface area contributed by atoms with Crippen molar-refractivity contribution in [1.29, 1.82) is 0 Å². The van der Waals surface area contributed by atoms with Crippen molar-refractivity contribution in [1.82, 2.24) is 19.9 Å². The molecule has 0 N–H and O–H groups in total. The minimum atomic E-state index is -1.93. The van der Waals surface area contributed by atoms with Gasteiger partial charge >= 0.3 is 0 Å². The van der Waals surface area contributed by atoms with Crippen molar-refractivity contribution in [3.8, 4) is 11.6 Å². The van der Waals surface area contributed by atoms with E-state index in [1.165, 1.54) is 18.5 Å². The largest absolute Gasteiger partial charge is 0.430 e. The zero-order valence-electron chi connectivity index (χ0n) is 9.37. The molecule has 105 valence electrons. The summed E-state index contributed by atoms with van der Waals surface area (Å²) < 4.78 is 53.0. The molecule has 0 amide bonds. The second kappa shape index (κ2) is 5.24. The van der Waals surface area contributed by atoms with Crippen LogP contribution in [0.15, 0.2) is 18.5 Å². The molecule has 0 fully saturated rings. The Morgan fingerprint density at radius 1 is 0.850 bits per heavy atom. The summed E-state index contributed by atoms with van der Waals surface area (Å²) in [5.74, 6) is -7.25. The van der Waals surface area contributed by atoms with Crippen LogP contribution in [-0.4, -0.2) is 15.0 Å². The van der Waals surface area contributed by atoms with E-state index < -0.39 is 34.3 Å². The van der Waals surface area contributed by atoms with Gasteiger partial charge in [-0.1, -0.05) is 0 Å². The Bertz CT molecular complexity index is 730. The van der Waals surface area contributed by atoms with Crippen LogP contribution in [0.3, 0.4) is 0 Å². The van der Waals surface area contributed by atoms with Crippen LogP contribution in [0.1, 0.15) is 0 Å². The van der Waals surface area contributed by atoms with Crippen molar-refractivity contribution in [3.63, 3.8) is 0 Å². The maximum Gasteiger partial charge on any atom is 0.197 e. The number of hydrogen-bond donors (Lipinski definition) is 0. The fourth-order valence-electron chi connectivity index (χ4n) is 1.56. The van der Waals surface area contributed by atoms with E-state index in [9.17, 15) is 17.6 Å². The number of halogens is 4. The van der Waals surface area contributed by atoms with E-state index in [1.807, 2.05) is 0 Å². The van der Waals surface area contributed by atoms with Gasteiger partial charge in [-0.05, 0) is 11.9 Å². The molecule has 0 aliphatic rings. The quantitative estimate of drug-likeness (QED) is 0.285. The van der Waals surface area contributed by atoms with E-state index in [1.54, 1.807) is 0 Å². The Kier molecular flexibility index (Phi) is 3.81. The third kappa shape index (κ3) is 2.08. The van der Waals surface area contributed by atoms with Gasteiger partial charge in [0.1, 0.15) is 0 Å². The molecule has 0 unspecified atom stereocenters. The molecular formula is C11H3F4N4Rh-. The summed E-state index contributed by atoms with van der Waals surface area (Å²) in [6, 6.07) is 1.52. The second-order valence-electron chi connectivity index (χ2n) is 3.57.